The predicted molar refractivity (Wildman–Crippen MR) is 125 cm³/mol. The number of carbonyl (C=O) groups is 3. The number of hydrogen-bond acceptors (Lipinski definition) is 7. The molecular formula is C25H24N4O5. The second kappa shape index (κ2) is 10.1. The third-order valence-electron chi connectivity index (χ3n) is 5.38. The number of aromatic nitrogens is 3. The first kappa shape index (κ1) is 22.9. The molecule has 4 aromatic rings. The van der Waals surface area contributed by atoms with E-state index in [0.717, 1.165) is 10.9 Å². The molecule has 9 heteroatoms. The molecular weight excluding hydrogens is 436 g/mol. The predicted octanol–water partition coefficient (Wildman–Crippen LogP) is 3.46. The fourth-order valence-electron chi connectivity index (χ4n) is 3.74. The quantitative estimate of drug-likeness (QED) is 0.386. The topological polar surface area (TPSA) is 123 Å². The van der Waals surface area contributed by atoms with Gasteiger partial charge in [0.1, 0.15) is 6.61 Å². The minimum absolute atomic E-state index is 0.0462. The van der Waals surface area contributed by atoms with E-state index in [-0.39, 0.29) is 37.8 Å². The van der Waals surface area contributed by atoms with Crippen LogP contribution in [0, 0.1) is 6.92 Å². The number of ether oxygens (including phenoxy) is 2. The van der Waals surface area contributed by atoms with Gasteiger partial charge in [0.2, 0.25) is 0 Å². The summed E-state index contributed by atoms with van der Waals surface area (Å²) in [5.41, 5.74) is 3.05. The molecule has 0 spiro atoms. The monoisotopic (exact) mass is 460 g/mol. The molecule has 0 unspecified atom stereocenters. The Balaban J connectivity index is 1.39. The fourth-order valence-corrected chi connectivity index (χ4v) is 3.74. The number of nitrogens with zero attached hydrogens (tertiary/aromatic N) is 2. The van der Waals surface area contributed by atoms with E-state index in [2.05, 4.69) is 20.5 Å². The zero-order valence-corrected chi connectivity index (χ0v) is 18.9. The standard InChI is InChI=1S/C25H24N4O5/c1-3-33-25(32)22-15(2)16-8-4-6-10-18(16)27-20(22)14-34-21(30)12-13-26-24(31)23-17-9-5-7-11-19(17)28-29-23/h4-11H,3,12-14H2,1-2H3,(H,26,31)(H,28,29). The summed E-state index contributed by atoms with van der Waals surface area (Å²) in [6.45, 7) is 3.65. The van der Waals surface area contributed by atoms with Gasteiger partial charge in [-0.3, -0.25) is 14.7 Å². The van der Waals surface area contributed by atoms with Crippen LogP contribution in [0.5, 0.6) is 0 Å². The summed E-state index contributed by atoms with van der Waals surface area (Å²) in [5.74, 6) is -1.43. The third-order valence-corrected chi connectivity index (χ3v) is 5.38. The van der Waals surface area contributed by atoms with Gasteiger partial charge in [-0.1, -0.05) is 36.4 Å². The van der Waals surface area contributed by atoms with Crippen LogP contribution < -0.4 is 5.32 Å². The van der Waals surface area contributed by atoms with Gasteiger partial charge in [0.05, 0.1) is 35.3 Å². The van der Waals surface area contributed by atoms with E-state index in [0.29, 0.717) is 27.7 Å². The number of pyridine rings is 1. The molecule has 0 aliphatic carbocycles. The number of esters is 2. The van der Waals surface area contributed by atoms with Gasteiger partial charge in [-0.2, -0.15) is 5.10 Å². The molecule has 0 saturated carbocycles. The van der Waals surface area contributed by atoms with Crippen molar-refractivity contribution < 1.29 is 23.9 Å². The molecule has 2 N–H and O–H groups in total. The largest absolute Gasteiger partial charge is 0.462 e. The van der Waals surface area contributed by atoms with Gasteiger partial charge in [0.25, 0.3) is 5.91 Å². The van der Waals surface area contributed by atoms with Crippen LogP contribution in [0.2, 0.25) is 0 Å². The van der Waals surface area contributed by atoms with Crippen LogP contribution in [0.4, 0.5) is 0 Å². The highest BCUT2D eigenvalue weighted by Gasteiger charge is 2.21. The van der Waals surface area contributed by atoms with Crippen LogP contribution >= 0.6 is 0 Å². The Bertz CT molecular complexity index is 1380. The van der Waals surface area contributed by atoms with Crippen LogP contribution in [-0.4, -0.2) is 46.2 Å². The van der Waals surface area contributed by atoms with E-state index >= 15 is 0 Å². The Morgan fingerprint density at radius 3 is 2.53 bits per heavy atom. The maximum absolute atomic E-state index is 12.6. The van der Waals surface area contributed by atoms with Gasteiger partial charge in [-0.05, 0) is 31.5 Å². The molecule has 0 radical (unpaired) electrons. The van der Waals surface area contributed by atoms with Crippen LogP contribution in [-0.2, 0) is 20.9 Å². The minimum atomic E-state index is -0.533. The van der Waals surface area contributed by atoms with E-state index < -0.39 is 11.9 Å². The van der Waals surface area contributed by atoms with Gasteiger partial charge in [0, 0.05) is 17.3 Å². The number of nitrogens with one attached hydrogen (secondary N) is 2. The second-order valence-electron chi connectivity index (χ2n) is 7.58. The van der Waals surface area contributed by atoms with Crippen molar-refractivity contribution in [1.82, 2.24) is 20.5 Å². The van der Waals surface area contributed by atoms with Crippen molar-refractivity contribution >= 4 is 39.7 Å². The van der Waals surface area contributed by atoms with Crippen molar-refractivity contribution in [2.75, 3.05) is 13.2 Å². The summed E-state index contributed by atoms with van der Waals surface area (Å²) >= 11 is 0. The lowest BCUT2D eigenvalue weighted by Gasteiger charge is -2.14. The first-order valence-electron chi connectivity index (χ1n) is 10.9. The Hall–Kier alpha value is -4.27. The number of aromatic amines is 1. The minimum Gasteiger partial charge on any atom is -0.462 e. The van der Waals surface area contributed by atoms with E-state index in [4.69, 9.17) is 9.47 Å². The Kier molecular flexibility index (Phi) is 6.82. The molecule has 0 saturated heterocycles. The molecule has 4 rings (SSSR count). The molecule has 0 fully saturated rings. The summed E-state index contributed by atoms with van der Waals surface area (Å²) in [6, 6.07) is 14.7. The first-order chi connectivity index (χ1) is 16.5. The summed E-state index contributed by atoms with van der Waals surface area (Å²) in [5, 5.41) is 11.0. The first-order valence-corrected chi connectivity index (χ1v) is 10.9. The number of benzene rings is 2. The number of fused-ring (bicyclic) bond motifs is 2. The Morgan fingerprint density at radius 2 is 1.74 bits per heavy atom. The molecule has 0 aliphatic heterocycles. The van der Waals surface area contributed by atoms with Crippen molar-refractivity contribution in [1.29, 1.82) is 0 Å². The van der Waals surface area contributed by atoms with Gasteiger partial charge >= 0.3 is 11.9 Å². The highest BCUT2D eigenvalue weighted by molar-refractivity contribution is 6.04. The summed E-state index contributed by atoms with van der Waals surface area (Å²) in [7, 11) is 0. The number of H-pyrrole nitrogens is 1. The lowest BCUT2D eigenvalue weighted by molar-refractivity contribution is -0.144. The normalized spacial score (nSPS) is 10.9. The van der Waals surface area contributed by atoms with Gasteiger partial charge in [-0.25, -0.2) is 9.78 Å². The van der Waals surface area contributed by atoms with Gasteiger partial charge in [0.15, 0.2) is 5.69 Å². The second-order valence-corrected chi connectivity index (χ2v) is 7.58. The number of rotatable bonds is 8. The fraction of sp³-hybridized carbons (Fsp3) is 0.240. The van der Waals surface area contributed by atoms with Crippen molar-refractivity contribution in [3.63, 3.8) is 0 Å². The molecule has 2 heterocycles. The van der Waals surface area contributed by atoms with E-state index in [1.165, 1.54) is 0 Å². The smallest absolute Gasteiger partial charge is 0.340 e. The van der Waals surface area contributed by atoms with Crippen molar-refractivity contribution in [2.45, 2.75) is 26.9 Å². The molecule has 0 atom stereocenters. The Labute approximate surface area is 195 Å². The molecule has 0 bridgehead atoms. The average molecular weight is 460 g/mol. The van der Waals surface area contributed by atoms with Crippen molar-refractivity contribution in [2.24, 2.45) is 0 Å². The molecule has 9 nitrogen and oxygen atoms in total. The zero-order chi connectivity index (χ0) is 24.1. The molecule has 34 heavy (non-hydrogen) atoms. The van der Waals surface area contributed by atoms with E-state index in [9.17, 15) is 14.4 Å². The van der Waals surface area contributed by atoms with Crippen LogP contribution in [0.25, 0.3) is 21.8 Å². The maximum atomic E-state index is 12.6. The van der Waals surface area contributed by atoms with E-state index in [1.54, 1.807) is 13.0 Å². The molecule has 1 amide bonds. The van der Waals surface area contributed by atoms with Crippen LogP contribution in [0.1, 0.15) is 45.4 Å². The van der Waals surface area contributed by atoms with Crippen molar-refractivity contribution in [3.05, 3.63) is 71.0 Å². The molecule has 2 aromatic carbocycles. The number of hydrogen-bond donors (Lipinski definition) is 2. The summed E-state index contributed by atoms with van der Waals surface area (Å²) in [4.78, 5) is 41.8. The maximum Gasteiger partial charge on any atom is 0.340 e. The lowest BCUT2D eigenvalue weighted by Crippen LogP contribution is -2.27. The molecule has 0 aliphatic rings. The van der Waals surface area contributed by atoms with Crippen LogP contribution in [0.15, 0.2) is 48.5 Å². The zero-order valence-electron chi connectivity index (χ0n) is 18.9. The number of aryl methyl sites for hydroxylation is 1. The van der Waals surface area contributed by atoms with Gasteiger partial charge < -0.3 is 14.8 Å². The third kappa shape index (κ3) is 4.73. The van der Waals surface area contributed by atoms with Crippen LogP contribution in [0.3, 0.4) is 0 Å². The average Bonchev–Trinajstić information content (AvgIpc) is 3.27. The molecule has 174 valence electrons. The summed E-state index contributed by atoms with van der Waals surface area (Å²) < 4.78 is 10.5. The Morgan fingerprint density at radius 1 is 1.00 bits per heavy atom. The number of carbonyl (C=O) groups excluding carboxylic acids is 3. The summed E-state index contributed by atoms with van der Waals surface area (Å²) in [6.07, 6.45) is -0.0462. The highest BCUT2D eigenvalue weighted by Crippen LogP contribution is 2.24. The number of amides is 1. The highest BCUT2D eigenvalue weighted by atomic mass is 16.5. The van der Waals surface area contributed by atoms with E-state index in [1.807, 2.05) is 49.4 Å². The number of para-hydroxylation sites is 2. The van der Waals surface area contributed by atoms with Crippen molar-refractivity contribution in [3.8, 4) is 0 Å². The molecule has 2 aromatic heterocycles. The lowest BCUT2D eigenvalue weighted by atomic mass is 10.0. The SMILES string of the molecule is CCOC(=O)c1c(COC(=O)CCNC(=O)c2n[nH]c3ccccc23)nc2ccccc2c1C. The van der Waals surface area contributed by atoms with Gasteiger partial charge in [-0.15, -0.1) is 0 Å².